The molecule has 2 heterocycles. The highest BCUT2D eigenvalue weighted by Gasteiger charge is 2.58. The summed E-state index contributed by atoms with van der Waals surface area (Å²) in [5.74, 6) is -6.82. The minimum absolute atomic E-state index is 0.212. The maximum Gasteiger partial charge on any atom is 0.416 e. The van der Waals surface area contributed by atoms with Gasteiger partial charge in [-0.2, -0.15) is 18.4 Å². The standard InChI is InChI=1S/C27H32F5N5O2/c1-24(4-5-24)23(39)37-15-18(13-21(37)22(38)35-25(16-33)6-7-25)26(28,29)19-3-2-17(12-20(19)27(30,31)32)14-36-10-8-34-9-11-36/h2-3,12,18,21,34H,4-11,13-15H2,1H3,(H,35,38)/t18-,21+/m1/s1. The topological polar surface area (TPSA) is 88.5 Å². The van der Waals surface area contributed by atoms with E-state index in [1.165, 1.54) is 6.07 Å². The molecule has 2 amide bonds. The molecule has 0 radical (unpaired) electrons. The molecular formula is C27H32F5N5O2. The van der Waals surface area contributed by atoms with Crippen LogP contribution >= 0.6 is 0 Å². The van der Waals surface area contributed by atoms with E-state index in [1.807, 2.05) is 11.0 Å². The molecule has 212 valence electrons. The Morgan fingerprint density at radius 2 is 1.77 bits per heavy atom. The zero-order chi connectivity index (χ0) is 28.2. The number of likely N-dealkylation sites (tertiary alicyclic amines) is 1. The Morgan fingerprint density at radius 1 is 1.10 bits per heavy atom. The van der Waals surface area contributed by atoms with E-state index >= 15 is 8.78 Å². The average Bonchev–Trinajstić information content (AvgIpc) is 3.79. The number of nitrogens with zero attached hydrogens (tertiary/aromatic N) is 3. The van der Waals surface area contributed by atoms with Gasteiger partial charge >= 0.3 is 6.18 Å². The fourth-order valence-corrected chi connectivity index (χ4v) is 5.59. The second kappa shape index (κ2) is 9.70. The zero-order valence-electron chi connectivity index (χ0n) is 21.7. The molecule has 2 saturated carbocycles. The summed E-state index contributed by atoms with van der Waals surface area (Å²) in [6.07, 6.45) is -3.58. The molecule has 2 aliphatic carbocycles. The van der Waals surface area contributed by atoms with Crippen LogP contribution in [0.25, 0.3) is 0 Å². The van der Waals surface area contributed by atoms with Crippen LogP contribution < -0.4 is 10.6 Å². The number of hydrogen-bond acceptors (Lipinski definition) is 5. The zero-order valence-corrected chi connectivity index (χ0v) is 21.7. The van der Waals surface area contributed by atoms with Crippen LogP contribution in [-0.4, -0.2) is 65.9 Å². The first-order chi connectivity index (χ1) is 18.3. The first kappa shape index (κ1) is 27.8. The summed E-state index contributed by atoms with van der Waals surface area (Å²) in [6.45, 7) is 4.03. The Bertz CT molecular complexity index is 1180. The van der Waals surface area contributed by atoms with Gasteiger partial charge in [0.2, 0.25) is 11.8 Å². The summed E-state index contributed by atoms with van der Waals surface area (Å²) in [4.78, 5) is 29.4. The van der Waals surface area contributed by atoms with Crippen molar-refractivity contribution in [3.8, 4) is 6.07 Å². The molecule has 0 bridgehead atoms. The summed E-state index contributed by atoms with van der Waals surface area (Å²) in [6, 6.07) is 3.67. The molecule has 0 unspecified atom stereocenters. The molecule has 0 spiro atoms. The highest BCUT2D eigenvalue weighted by Crippen LogP contribution is 2.51. The number of benzene rings is 1. The van der Waals surface area contributed by atoms with E-state index < -0.39 is 70.9 Å². The number of carbonyl (C=O) groups is 2. The number of nitrogens with one attached hydrogen (secondary N) is 2. The monoisotopic (exact) mass is 553 g/mol. The van der Waals surface area contributed by atoms with E-state index in [-0.39, 0.29) is 12.1 Å². The number of carbonyl (C=O) groups excluding carboxylic acids is 2. The van der Waals surface area contributed by atoms with Crippen LogP contribution in [0.15, 0.2) is 18.2 Å². The maximum atomic E-state index is 16.0. The van der Waals surface area contributed by atoms with E-state index in [0.29, 0.717) is 51.9 Å². The highest BCUT2D eigenvalue weighted by molar-refractivity contribution is 5.92. The molecule has 2 aliphatic heterocycles. The van der Waals surface area contributed by atoms with Gasteiger partial charge in [0.05, 0.1) is 11.6 Å². The van der Waals surface area contributed by atoms with Crippen molar-refractivity contribution in [1.82, 2.24) is 20.4 Å². The predicted octanol–water partition coefficient (Wildman–Crippen LogP) is 3.39. The van der Waals surface area contributed by atoms with Gasteiger partial charge < -0.3 is 15.5 Å². The molecule has 1 aromatic rings. The summed E-state index contributed by atoms with van der Waals surface area (Å²) >= 11 is 0. The van der Waals surface area contributed by atoms with Crippen LogP contribution in [0.3, 0.4) is 0 Å². The van der Waals surface area contributed by atoms with Crippen molar-refractivity contribution in [3.63, 3.8) is 0 Å². The number of nitriles is 1. The van der Waals surface area contributed by atoms with E-state index in [1.54, 1.807) is 6.92 Å². The smallest absolute Gasteiger partial charge is 0.336 e. The predicted molar refractivity (Wildman–Crippen MR) is 130 cm³/mol. The van der Waals surface area contributed by atoms with Gasteiger partial charge in [0, 0.05) is 56.2 Å². The number of halogens is 5. The first-order valence-corrected chi connectivity index (χ1v) is 13.3. The number of piperazine rings is 1. The largest absolute Gasteiger partial charge is 0.416 e. The van der Waals surface area contributed by atoms with Gasteiger partial charge in [-0.05, 0) is 43.7 Å². The minimum Gasteiger partial charge on any atom is -0.336 e. The fraction of sp³-hybridized carbons (Fsp3) is 0.667. The molecule has 0 aromatic heterocycles. The SMILES string of the molecule is CC1(C(=O)N2C[C@H](C(F)(F)c3ccc(CN4CCNCC4)cc3C(F)(F)F)C[C@H]2C(=O)NC2(C#N)CC2)CC1. The minimum atomic E-state index is -5.02. The summed E-state index contributed by atoms with van der Waals surface area (Å²) in [5.41, 5.74) is -4.10. The van der Waals surface area contributed by atoms with Crippen LogP contribution in [0.2, 0.25) is 0 Å². The third-order valence-corrected chi connectivity index (χ3v) is 8.58. The van der Waals surface area contributed by atoms with E-state index in [9.17, 15) is 28.0 Å². The van der Waals surface area contributed by atoms with Crippen LogP contribution in [0.5, 0.6) is 0 Å². The average molecular weight is 554 g/mol. The molecule has 39 heavy (non-hydrogen) atoms. The highest BCUT2D eigenvalue weighted by atomic mass is 19.4. The molecule has 5 rings (SSSR count). The Balaban J connectivity index is 1.43. The first-order valence-electron chi connectivity index (χ1n) is 13.3. The van der Waals surface area contributed by atoms with Crippen molar-refractivity contribution < 1.29 is 31.5 Å². The number of rotatable bonds is 7. The Hall–Kier alpha value is -2.78. The van der Waals surface area contributed by atoms with Crippen LogP contribution in [-0.2, 0) is 28.2 Å². The van der Waals surface area contributed by atoms with Crippen molar-refractivity contribution in [1.29, 1.82) is 5.26 Å². The molecule has 4 aliphatic rings. The van der Waals surface area contributed by atoms with Crippen LogP contribution in [0, 0.1) is 22.7 Å². The second-order valence-electron chi connectivity index (χ2n) is 11.7. The lowest BCUT2D eigenvalue weighted by molar-refractivity contribution is -0.146. The third kappa shape index (κ3) is 5.48. The Labute approximate surface area is 223 Å². The molecule has 2 atom stereocenters. The van der Waals surface area contributed by atoms with Gasteiger partial charge in [-0.25, -0.2) is 8.78 Å². The van der Waals surface area contributed by atoms with Crippen molar-refractivity contribution in [2.24, 2.45) is 11.3 Å². The van der Waals surface area contributed by atoms with Gasteiger partial charge in [0.1, 0.15) is 11.6 Å². The third-order valence-electron chi connectivity index (χ3n) is 8.58. The lowest BCUT2D eigenvalue weighted by Crippen LogP contribution is -2.50. The second-order valence-corrected chi connectivity index (χ2v) is 11.7. The Morgan fingerprint density at radius 3 is 2.33 bits per heavy atom. The normalized spacial score (nSPS) is 26.1. The Kier molecular flexibility index (Phi) is 6.91. The van der Waals surface area contributed by atoms with E-state index in [0.717, 1.165) is 17.0 Å². The van der Waals surface area contributed by atoms with Crippen molar-refractivity contribution >= 4 is 11.8 Å². The molecule has 1 aromatic carbocycles. The van der Waals surface area contributed by atoms with E-state index in [4.69, 9.17) is 0 Å². The van der Waals surface area contributed by atoms with Crippen molar-refractivity contribution in [3.05, 3.63) is 34.9 Å². The van der Waals surface area contributed by atoms with Crippen molar-refractivity contribution in [2.45, 2.75) is 69.3 Å². The lowest BCUT2D eigenvalue weighted by Gasteiger charge is -2.29. The quantitative estimate of drug-likeness (QED) is 0.506. The van der Waals surface area contributed by atoms with Crippen molar-refractivity contribution in [2.75, 3.05) is 32.7 Å². The summed E-state index contributed by atoms with van der Waals surface area (Å²) in [7, 11) is 0. The van der Waals surface area contributed by atoms with E-state index in [2.05, 4.69) is 10.6 Å². The lowest BCUT2D eigenvalue weighted by atomic mass is 9.88. The van der Waals surface area contributed by atoms with Gasteiger partial charge in [-0.15, -0.1) is 0 Å². The van der Waals surface area contributed by atoms with Gasteiger partial charge in [-0.1, -0.05) is 19.1 Å². The fourth-order valence-electron chi connectivity index (χ4n) is 5.59. The molecule has 7 nitrogen and oxygen atoms in total. The molecule has 12 heteroatoms. The van der Waals surface area contributed by atoms with Gasteiger partial charge in [0.15, 0.2) is 0 Å². The maximum absolute atomic E-state index is 16.0. The van der Waals surface area contributed by atoms with Gasteiger partial charge in [-0.3, -0.25) is 14.5 Å². The van der Waals surface area contributed by atoms with Gasteiger partial charge in [0.25, 0.3) is 5.92 Å². The molecule has 4 fully saturated rings. The summed E-state index contributed by atoms with van der Waals surface area (Å²) in [5, 5.41) is 15.1. The molecular weight excluding hydrogens is 521 g/mol. The summed E-state index contributed by atoms with van der Waals surface area (Å²) < 4.78 is 74.3. The molecule has 2 saturated heterocycles. The van der Waals surface area contributed by atoms with Crippen LogP contribution in [0.1, 0.15) is 55.7 Å². The van der Waals surface area contributed by atoms with Crippen LogP contribution in [0.4, 0.5) is 22.0 Å². The number of hydrogen-bond donors (Lipinski definition) is 2. The number of amides is 2. The number of alkyl halides is 5. The molecule has 2 N–H and O–H groups in total.